The molecule has 0 aliphatic carbocycles. The molecule has 2 atom stereocenters. The van der Waals surface area contributed by atoms with Crippen LogP contribution in [-0.2, 0) is 54.7 Å². The molecule has 1 amide bonds. The molecule has 2 aliphatic heterocycles. The summed E-state index contributed by atoms with van der Waals surface area (Å²) in [6.45, 7) is 11.1. The molecule has 4 aromatic rings. The highest BCUT2D eigenvalue weighted by atomic mass is 16.5. The predicted octanol–water partition coefficient (Wildman–Crippen LogP) is 5.37. The Morgan fingerprint density at radius 2 is 1.43 bits per heavy atom. The van der Waals surface area contributed by atoms with Gasteiger partial charge < -0.3 is 65.4 Å². The topological polar surface area (TPSA) is 258 Å². The molecule has 2 saturated heterocycles. The molecule has 20 heteroatoms. The predicted molar refractivity (Wildman–Crippen MR) is 263 cm³/mol. The third-order valence-corrected chi connectivity index (χ3v) is 12.9. The second-order valence-corrected chi connectivity index (χ2v) is 17.7. The van der Waals surface area contributed by atoms with E-state index in [-0.39, 0.29) is 68.2 Å². The quantitative estimate of drug-likeness (QED) is 0.0310. The minimum Gasteiger partial charge on any atom is -0.507 e. The number of hydrogen-bond acceptors (Lipinski definition) is 19. The van der Waals surface area contributed by atoms with Crippen LogP contribution in [-0.4, -0.2) is 144 Å². The number of rotatable bonds is 23. The lowest BCUT2D eigenvalue weighted by molar-refractivity contribution is -0.144. The van der Waals surface area contributed by atoms with Crippen molar-refractivity contribution >= 4 is 29.7 Å². The van der Waals surface area contributed by atoms with Gasteiger partial charge in [0.15, 0.2) is 11.6 Å². The van der Waals surface area contributed by atoms with Crippen molar-refractivity contribution in [3.63, 3.8) is 0 Å². The van der Waals surface area contributed by atoms with E-state index in [9.17, 15) is 24.6 Å². The van der Waals surface area contributed by atoms with Crippen molar-refractivity contribution in [2.24, 2.45) is 5.73 Å². The van der Waals surface area contributed by atoms with E-state index in [2.05, 4.69) is 46.1 Å². The zero-order valence-corrected chi connectivity index (χ0v) is 41.4. The number of hydrogen-bond donors (Lipinski definition) is 6. The number of amides is 1. The van der Waals surface area contributed by atoms with Crippen molar-refractivity contribution in [2.75, 3.05) is 84.4 Å². The molecule has 20 nitrogen and oxygen atoms in total. The summed E-state index contributed by atoms with van der Waals surface area (Å²) in [6.07, 6.45) is 4.85. The number of phenolic OH excluding ortho intramolecular Hbond substituents is 2. The van der Waals surface area contributed by atoms with Gasteiger partial charge in [0.25, 0.3) is 0 Å². The van der Waals surface area contributed by atoms with Gasteiger partial charge in [0.05, 0.1) is 53.4 Å². The first-order valence-electron chi connectivity index (χ1n) is 24.1. The van der Waals surface area contributed by atoms with Gasteiger partial charge in [-0.25, -0.2) is 4.79 Å². The number of likely N-dealkylation sites (tertiary alicyclic amines) is 2. The van der Waals surface area contributed by atoms with Crippen LogP contribution < -0.4 is 26.4 Å². The van der Waals surface area contributed by atoms with Gasteiger partial charge in [-0.3, -0.25) is 9.59 Å². The average molecular weight is 971 g/mol. The van der Waals surface area contributed by atoms with Gasteiger partial charge >= 0.3 is 18.0 Å². The number of carbonyl (C=O) groups excluding carboxylic acids is 3. The molecular formula is C50H70N10O10. The summed E-state index contributed by atoms with van der Waals surface area (Å²) in [4.78, 5) is 41.5. The molecule has 0 bridgehead atoms. The van der Waals surface area contributed by atoms with E-state index in [1.807, 2.05) is 32.9 Å². The number of anilines is 2. The number of nitrogens with zero attached hydrogens (tertiary/aromatic N) is 6. The highest BCUT2D eigenvalue weighted by Gasteiger charge is 2.27. The SMILES string of the molecule is CCOC(=O)CCN1CCC[C@@H](Nc2nnc(-c3ccc(CCCOC(=O)CCN4CCC[C@@H](Nc5nnc(-c6c(O)cc(OC)cc6COC)c(C)c5CNC(=O)OC)C4)cc3O)c(C)c2CN)C1. The molecule has 2 aliphatic rings. The number of aromatic hydroxyl groups is 2. The van der Waals surface area contributed by atoms with Crippen molar-refractivity contribution in [1.82, 2.24) is 35.5 Å². The van der Waals surface area contributed by atoms with E-state index >= 15 is 0 Å². The number of aryl methyl sites for hydroxylation is 1. The van der Waals surface area contributed by atoms with E-state index < -0.39 is 6.09 Å². The van der Waals surface area contributed by atoms with Crippen LogP contribution in [0, 0.1) is 13.8 Å². The fraction of sp³-hybridized carbons (Fsp3) is 0.540. The summed E-state index contributed by atoms with van der Waals surface area (Å²) >= 11 is 0. The van der Waals surface area contributed by atoms with Gasteiger partial charge in [0.1, 0.15) is 28.6 Å². The maximum Gasteiger partial charge on any atom is 0.407 e. The third-order valence-electron chi connectivity index (χ3n) is 12.9. The maximum atomic E-state index is 12.9. The number of nitrogens with one attached hydrogen (secondary N) is 3. The summed E-state index contributed by atoms with van der Waals surface area (Å²) < 4.78 is 26.3. The van der Waals surface area contributed by atoms with Crippen molar-refractivity contribution in [1.29, 1.82) is 0 Å². The molecule has 2 aromatic heterocycles. The fourth-order valence-electron chi connectivity index (χ4n) is 9.19. The molecule has 4 heterocycles. The molecule has 0 saturated carbocycles. The summed E-state index contributed by atoms with van der Waals surface area (Å²) in [5.74, 6) is 1.15. The number of aromatic nitrogens is 4. The number of esters is 2. The summed E-state index contributed by atoms with van der Waals surface area (Å²) in [5.41, 5.74) is 12.8. The largest absolute Gasteiger partial charge is 0.507 e. The molecule has 0 spiro atoms. The van der Waals surface area contributed by atoms with Gasteiger partial charge in [-0.1, -0.05) is 6.07 Å². The second kappa shape index (κ2) is 26.0. The van der Waals surface area contributed by atoms with E-state index in [0.29, 0.717) is 102 Å². The van der Waals surface area contributed by atoms with E-state index in [1.54, 1.807) is 19.2 Å². The standard InChI is InChI=1S/C50H70N10O10/c1-7-69-43(63)16-20-59-18-8-12-35(28-59)53-48-39(26-51)31(2)46(55-57-48)38-15-14-33(23-41(38)61)11-10-22-70-44(64)17-21-60-19-9-13-36(29-60)54-49-40(27-52-50(65)68-6)32(3)47(56-58-49)45-34(30-66-4)24-37(67-5)25-42(45)62/h14-15,23-25,35-36,61-62H,7-13,16-22,26-30,51H2,1-6H3,(H,52,65)(H,53,57)(H,54,58)/t35-,36-/m1/s1. The number of alkyl carbamates (subject to hydrolysis) is 1. The van der Waals surface area contributed by atoms with Gasteiger partial charge in [0, 0.05) is 80.2 Å². The van der Waals surface area contributed by atoms with Crippen molar-refractivity contribution in [3.8, 4) is 39.8 Å². The fourth-order valence-corrected chi connectivity index (χ4v) is 9.19. The van der Waals surface area contributed by atoms with Crippen molar-refractivity contribution < 1.29 is 48.3 Å². The van der Waals surface area contributed by atoms with E-state index in [1.165, 1.54) is 20.3 Å². The Kier molecular flexibility index (Phi) is 19.7. The van der Waals surface area contributed by atoms with Gasteiger partial charge in [-0.15, -0.1) is 20.4 Å². The highest BCUT2D eigenvalue weighted by molar-refractivity contribution is 5.77. The monoisotopic (exact) mass is 971 g/mol. The Hall–Kier alpha value is -6.35. The van der Waals surface area contributed by atoms with Crippen LogP contribution in [0.1, 0.15) is 85.3 Å². The Labute approximate surface area is 410 Å². The summed E-state index contributed by atoms with van der Waals surface area (Å²) in [5, 5.41) is 50.2. The molecule has 380 valence electrons. The van der Waals surface area contributed by atoms with Crippen LogP contribution >= 0.6 is 0 Å². The van der Waals surface area contributed by atoms with Crippen molar-refractivity contribution in [3.05, 3.63) is 63.7 Å². The van der Waals surface area contributed by atoms with Gasteiger partial charge in [0.2, 0.25) is 0 Å². The van der Waals surface area contributed by atoms with Crippen LogP contribution in [0.3, 0.4) is 0 Å². The first-order chi connectivity index (χ1) is 33.8. The molecule has 0 radical (unpaired) electrons. The number of carbonyl (C=O) groups is 3. The highest BCUT2D eigenvalue weighted by Crippen LogP contribution is 2.39. The van der Waals surface area contributed by atoms with Gasteiger partial charge in [-0.2, -0.15) is 0 Å². The number of piperidine rings is 2. The minimum absolute atomic E-state index is 0.0206. The van der Waals surface area contributed by atoms with Crippen LogP contribution in [0.25, 0.3) is 22.5 Å². The molecule has 70 heavy (non-hydrogen) atoms. The van der Waals surface area contributed by atoms with Crippen LogP contribution in [0.5, 0.6) is 17.2 Å². The zero-order chi connectivity index (χ0) is 50.2. The number of phenols is 2. The lowest BCUT2D eigenvalue weighted by atomic mass is 9.97. The molecule has 2 fully saturated rings. The Morgan fingerprint density at radius 3 is 2.03 bits per heavy atom. The Bertz CT molecular complexity index is 2420. The normalized spacial score (nSPS) is 16.3. The second-order valence-electron chi connectivity index (χ2n) is 17.7. The molecule has 2 aromatic carbocycles. The van der Waals surface area contributed by atoms with Gasteiger partial charge in [-0.05, 0) is 113 Å². The molecular weight excluding hydrogens is 901 g/mol. The van der Waals surface area contributed by atoms with Crippen LogP contribution in [0.4, 0.5) is 16.4 Å². The number of ether oxygens (including phenoxy) is 5. The number of benzene rings is 2. The first-order valence-corrected chi connectivity index (χ1v) is 24.1. The first kappa shape index (κ1) is 53.0. The Balaban J connectivity index is 0.984. The van der Waals surface area contributed by atoms with Crippen LogP contribution in [0.15, 0.2) is 30.3 Å². The smallest absolute Gasteiger partial charge is 0.407 e. The summed E-state index contributed by atoms with van der Waals surface area (Å²) in [6, 6.07) is 8.87. The lowest BCUT2D eigenvalue weighted by Crippen LogP contribution is -2.43. The minimum atomic E-state index is -0.603. The van der Waals surface area contributed by atoms with E-state index in [4.69, 9.17) is 29.4 Å². The van der Waals surface area contributed by atoms with E-state index in [0.717, 1.165) is 62.0 Å². The van der Waals surface area contributed by atoms with Crippen molar-refractivity contribution in [2.45, 2.75) is 104 Å². The zero-order valence-electron chi connectivity index (χ0n) is 41.4. The Morgan fingerprint density at radius 1 is 0.800 bits per heavy atom. The molecule has 0 unspecified atom stereocenters. The number of nitrogens with two attached hydrogens (primary N) is 1. The maximum absolute atomic E-state index is 12.9. The number of methoxy groups -OCH3 is 3. The molecule has 6 rings (SSSR count). The van der Waals surface area contributed by atoms with Crippen LogP contribution in [0.2, 0.25) is 0 Å². The average Bonchev–Trinajstić information content (AvgIpc) is 3.35. The lowest BCUT2D eigenvalue weighted by Gasteiger charge is -2.33. The molecule has 7 N–H and O–H groups in total. The summed E-state index contributed by atoms with van der Waals surface area (Å²) in [7, 11) is 4.37. The third kappa shape index (κ3) is 14.1.